The first-order valence-electron chi connectivity index (χ1n) is 6.24. The number of ether oxygens (including phenoxy) is 1. The molecule has 1 aromatic carbocycles. The summed E-state index contributed by atoms with van der Waals surface area (Å²) in [5.74, 6) is 1.76. The fourth-order valence-corrected chi connectivity index (χ4v) is 3.40. The molecule has 1 saturated heterocycles. The molecule has 1 heterocycles. The molecule has 1 aliphatic heterocycles. The highest BCUT2D eigenvalue weighted by Gasteiger charge is 2.40. The lowest BCUT2D eigenvalue weighted by atomic mass is 9.98. The summed E-state index contributed by atoms with van der Waals surface area (Å²) in [6.45, 7) is 4.72. The number of nitrogens with zero attached hydrogens (tertiary/aromatic N) is 1. The van der Waals surface area contributed by atoms with Gasteiger partial charge in [0.25, 0.3) is 0 Å². The summed E-state index contributed by atoms with van der Waals surface area (Å²) in [5, 5.41) is 0. The first-order valence-corrected chi connectivity index (χ1v) is 6.24. The summed E-state index contributed by atoms with van der Waals surface area (Å²) in [6.07, 6.45) is 2.55. The van der Waals surface area contributed by atoms with Crippen LogP contribution in [0.4, 0.5) is 0 Å². The minimum Gasteiger partial charge on any atom is -0.497 e. The maximum absolute atomic E-state index is 5.33. The van der Waals surface area contributed by atoms with E-state index < -0.39 is 0 Å². The molecular weight excluding hydrogens is 198 g/mol. The molecule has 0 saturated carbocycles. The summed E-state index contributed by atoms with van der Waals surface area (Å²) >= 11 is 0. The molecule has 16 heavy (non-hydrogen) atoms. The van der Waals surface area contributed by atoms with E-state index in [0.717, 1.165) is 17.7 Å². The van der Waals surface area contributed by atoms with Gasteiger partial charge < -0.3 is 4.74 Å². The van der Waals surface area contributed by atoms with Gasteiger partial charge in [-0.15, -0.1) is 0 Å². The number of likely N-dealkylation sites (N-methyl/N-ethyl adjacent to an activating group) is 1. The Morgan fingerprint density at radius 1 is 1.44 bits per heavy atom. The third-order valence-electron chi connectivity index (χ3n) is 4.25. The third kappa shape index (κ3) is 1.36. The molecule has 3 rings (SSSR count). The molecule has 2 unspecified atom stereocenters. The second-order valence-electron chi connectivity index (χ2n) is 4.86. The minimum absolute atomic E-state index is 0.755. The highest BCUT2D eigenvalue weighted by Crippen LogP contribution is 2.43. The molecule has 1 fully saturated rings. The molecule has 0 N–H and O–H groups in total. The molecule has 2 nitrogen and oxygen atoms in total. The standard InChI is InChI=1S/C14H19NO/c1-3-15-7-6-12-13-9-11(16-2)5-4-10(13)8-14(12)15/h4-5,9,12,14H,3,6-8H2,1-2H3. The minimum atomic E-state index is 0.755. The molecule has 0 radical (unpaired) electrons. The average molecular weight is 217 g/mol. The van der Waals surface area contributed by atoms with E-state index in [1.54, 1.807) is 12.7 Å². The van der Waals surface area contributed by atoms with Crippen molar-refractivity contribution in [2.24, 2.45) is 0 Å². The lowest BCUT2D eigenvalue weighted by Crippen LogP contribution is -2.30. The second kappa shape index (κ2) is 3.77. The highest BCUT2D eigenvalue weighted by atomic mass is 16.5. The fourth-order valence-electron chi connectivity index (χ4n) is 3.40. The summed E-state index contributed by atoms with van der Waals surface area (Å²) < 4.78 is 5.33. The van der Waals surface area contributed by atoms with Gasteiger partial charge in [-0.2, -0.15) is 0 Å². The lowest BCUT2D eigenvalue weighted by Gasteiger charge is -2.21. The van der Waals surface area contributed by atoms with Crippen molar-refractivity contribution in [3.63, 3.8) is 0 Å². The zero-order valence-electron chi connectivity index (χ0n) is 10.1. The van der Waals surface area contributed by atoms with Gasteiger partial charge in [-0.1, -0.05) is 13.0 Å². The van der Waals surface area contributed by atoms with E-state index in [1.165, 1.54) is 31.5 Å². The number of fused-ring (bicyclic) bond motifs is 3. The molecule has 1 aliphatic carbocycles. The normalized spacial score (nSPS) is 27.9. The van der Waals surface area contributed by atoms with Crippen LogP contribution in [0.25, 0.3) is 0 Å². The Hall–Kier alpha value is -1.02. The summed E-state index contributed by atoms with van der Waals surface area (Å²) in [5.41, 5.74) is 3.08. The quantitative estimate of drug-likeness (QED) is 0.754. The molecule has 0 spiro atoms. The van der Waals surface area contributed by atoms with Crippen LogP contribution in [-0.4, -0.2) is 31.1 Å². The molecule has 2 aliphatic rings. The Morgan fingerprint density at radius 2 is 2.31 bits per heavy atom. The van der Waals surface area contributed by atoms with Crippen molar-refractivity contribution in [1.82, 2.24) is 4.90 Å². The van der Waals surface area contributed by atoms with E-state index in [9.17, 15) is 0 Å². The number of hydrogen-bond donors (Lipinski definition) is 0. The van der Waals surface area contributed by atoms with Gasteiger partial charge in [0.15, 0.2) is 0 Å². The van der Waals surface area contributed by atoms with Gasteiger partial charge in [0.1, 0.15) is 5.75 Å². The summed E-state index contributed by atoms with van der Waals surface area (Å²) in [4.78, 5) is 2.62. The van der Waals surface area contributed by atoms with Crippen molar-refractivity contribution in [2.75, 3.05) is 20.2 Å². The van der Waals surface area contributed by atoms with Crippen molar-refractivity contribution in [2.45, 2.75) is 31.7 Å². The van der Waals surface area contributed by atoms with Crippen LogP contribution in [0.1, 0.15) is 30.4 Å². The van der Waals surface area contributed by atoms with Gasteiger partial charge in [0.05, 0.1) is 7.11 Å². The zero-order valence-corrected chi connectivity index (χ0v) is 10.1. The van der Waals surface area contributed by atoms with Gasteiger partial charge in [0, 0.05) is 12.0 Å². The number of likely N-dealkylation sites (tertiary alicyclic amines) is 1. The number of benzene rings is 1. The molecule has 86 valence electrons. The number of methoxy groups -OCH3 is 1. The molecular formula is C14H19NO. The third-order valence-corrected chi connectivity index (χ3v) is 4.25. The van der Waals surface area contributed by atoms with Crippen molar-refractivity contribution in [3.05, 3.63) is 29.3 Å². The SMILES string of the molecule is CCN1CCC2c3cc(OC)ccc3CC21. The largest absolute Gasteiger partial charge is 0.497 e. The average Bonchev–Trinajstić information content (AvgIpc) is 2.86. The predicted octanol–water partition coefficient (Wildman–Crippen LogP) is 2.43. The molecule has 0 aromatic heterocycles. The molecule has 2 heteroatoms. The van der Waals surface area contributed by atoms with Crippen LogP contribution in [0.3, 0.4) is 0 Å². The van der Waals surface area contributed by atoms with Crippen LogP contribution >= 0.6 is 0 Å². The van der Waals surface area contributed by atoms with E-state index >= 15 is 0 Å². The number of rotatable bonds is 2. The first-order chi connectivity index (χ1) is 7.83. The van der Waals surface area contributed by atoms with Gasteiger partial charge in [0.2, 0.25) is 0 Å². The van der Waals surface area contributed by atoms with Crippen LogP contribution in [0.2, 0.25) is 0 Å². The van der Waals surface area contributed by atoms with Crippen LogP contribution in [0.5, 0.6) is 5.75 Å². The molecule has 1 aromatic rings. The van der Waals surface area contributed by atoms with Crippen molar-refractivity contribution < 1.29 is 4.74 Å². The fraction of sp³-hybridized carbons (Fsp3) is 0.571. The Morgan fingerprint density at radius 3 is 3.06 bits per heavy atom. The second-order valence-corrected chi connectivity index (χ2v) is 4.86. The lowest BCUT2D eigenvalue weighted by molar-refractivity contribution is 0.265. The van der Waals surface area contributed by atoms with Gasteiger partial charge >= 0.3 is 0 Å². The Kier molecular flexibility index (Phi) is 2.40. The maximum atomic E-state index is 5.33. The van der Waals surface area contributed by atoms with Gasteiger partial charge in [-0.05, 0) is 49.2 Å². The van der Waals surface area contributed by atoms with Crippen LogP contribution < -0.4 is 4.74 Å². The van der Waals surface area contributed by atoms with E-state index in [1.807, 2.05) is 0 Å². The smallest absolute Gasteiger partial charge is 0.119 e. The van der Waals surface area contributed by atoms with Gasteiger partial charge in [-0.3, -0.25) is 4.90 Å². The van der Waals surface area contributed by atoms with Crippen LogP contribution in [0.15, 0.2) is 18.2 Å². The van der Waals surface area contributed by atoms with Crippen molar-refractivity contribution in [1.29, 1.82) is 0 Å². The van der Waals surface area contributed by atoms with E-state index in [-0.39, 0.29) is 0 Å². The molecule has 0 bridgehead atoms. The maximum Gasteiger partial charge on any atom is 0.119 e. The Bertz CT molecular complexity index is 402. The van der Waals surface area contributed by atoms with E-state index in [0.29, 0.717) is 0 Å². The molecule has 0 amide bonds. The predicted molar refractivity (Wildman–Crippen MR) is 65.1 cm³/mol. The first kappa shape index (κ1) is 10.2. The van der Waals surface area contributed by atoms with Crippen LogP contribution in [-0.2, 0) is 6.42 Å². The molecule has 2 atom stereocenters. The van der Waals surface area contributed by atoms with E-state index in [4.69, 9.17) is 4.74 Å². The highest BCUT2D eigenvalue weighted by molar-refractivity contribution is 5.44. The number of hydrogen-bond acceptors (Lipinski definition) is 2. The van der Waals surface area contributed by atoms with Gasteiger partial charge in [-0.25, -0.2) is 0 Å². The summed E-state index contributed by atoms with van der Waals surface area (Å²) in [6, 6.07) is 7.35. The van der Waals surface area contributed by atoms with E-state index in [2.05, 4.69) is 30.0 Å². The Balaban J connectivity index is 1.95. The topological polar surface area (TPSA) is 12.5 Å². The van der Waals surface area contributed by atoms with Crippen molar-refractivity contribution >= 4 is 0 Å². The zero-order chi connectivity index (χ0) is 11.1. The summed E-state index contributed by atoms with van der Waals surface area (Å²) in [7, 11) is 1.75. The monoisotopic (exact) mass is 217 g/mol. The van der Waals surface area contributed by atoms with Crippen LogP contribution in [0, 0.1) is 0 Å². The Labute approximate surface area is 97.2 Å². The van der Waals surface area contributed by atoms with Crippen molar-refractivity contribution in [3.8, 4) is 5.75 Å².